The van der Waals surface area contributed by atoms with E-state index >= 15 is 0 Å². The zero-order chi connectivity index (χ0) is 16.8. The standard InChI is InChI=1S/C17H20N6O/c1-11-15(12(2)21(3)20-11)14-6-4-8-22(14)17(24)13-10-19-23-9-5-7-18-16(13)23/h5,7,9-10,14H,4,6,8H2,1-3H3/t14-/m0/s1. The summed E-state index contributed by atoms with van der Waals surface area (Å²) in [5.74, 6) is -0.00569. The lowest BCUT2D eigenvalue weighted by Crippen LogP contribution is -2.31. The normalized spacial score (nSPS) is 17.8. The van der Waals surface area contributed by atoms with Crippen molar-refractivity contribution in [3.63, 3.8) is 0 Å². The zero-order valence-corrected chi connectivity index (χ0v) is 14.1. The molecule has 1 fully saturated rings. The summed E-state index contributed by atoms with van der Waals surface area (Å²) in [5.41, 5.74) is 4.45. The molecule has 3 aromatic rings. The van der Waals surface area contributed by atoms with Gasteiger partial charge in [0.15, 0.2) is 5.65 Å². The van der Waals surface area contributed by atoms with Crippen molar-refractivity contribution in [2.75, 3.05) is 6.54 Å². The molecular formula is C17H20N6O. The molecule has 4 rings (SSSR count). The van der Waals surface area contributed by atoms with E-state index in [0.29, 0.717) is 11.2 Å². The number of carbonyl (C=O) groups is 1. The minimum absolute atomic E-state index is 0.00569. The number of hydrogen-bond acceptors (Lipinski definition) is 4. The van der Waals surface area contributed by atoms with E-state index in [9.17, 15) is 4.79 Å². The smallest absolute Gasteiger partial charge is 0.259 e. The van der Waals surface area contributed by atoms with E-state index in [1.807, 2.05) is 23.6 Å². The van der Waals surface area contributed by atoms with Crippen molar-refractivity contribution in [3.8, 4) is 0 Å². The molecule has 0 aromatic carbocycles. The first-order chi connectivity index (χ1) is 11.6. The van der Waals surface area contributed by atoms with Gasteiger partial charge in [0.05, 0.1) is 17.9 Å². The minimum atomic E-state index is -0.00569. The Hall–Kier alpha value is -2.70. The fraction of sp³-hybridized carbons (Fsp3) is 0.412. The molecule has 0 unspecified atom stereocenters. The van der Waals surface area contributed by atoms with Gasteiger partial charge < -0.3 is 4.90 Å². The second-order valence-corrected chi connectivity index (χ2v) is 6.31. The van der Waals surface area contributed by atoms with Crippen LogP contribution in [0.4, 0.5) is 0 Å². The average molecular weight is 324 g/mol. The van der Waals surface area contributed by atoms with Crippen molar-refractivity contribution >= 4 is 11.6 Å². The van der Waals surface area contributed by atoms with Gasteiger partial charge in [-0.05, 0) is 32.8 Å². The molecule has 124 valence electrons. The van der Waals surface area contributed by atoms with E-state index in [-0.39, 0.29) is 11.9 Å². The summed E-state index contributed by atoms with van der Waals surface area (Å²) in [7, 11) is 1.95. The van der Waals surface area contributed by atoms with Crippen LogP contribution in [0, 0.1) is 13.8 Å². The number of amides is 1. The van der Waals surface area contributed by atoms with Gasteiger partial charge in [0.1, 0.15) is 5.56 Å². The number of nitrogens with zero attached hydrogens (tertiary/aromatic N) is 6. The van der Waals surface area contributed by atoms with Gasteiger partial charge in [-0.2, -0.15) is 10.2 Å². The fourth-order valence-corrected chi connectivity index (χ4v) is 3.71. The molecule has 7 nitrogen and oxygen atoms in total. The van der Waals surface area contributed by atoms with Crippen molar-refractivity contribution in [2.45, 2.75) is 32.7 Å². The van der Waals surface area contributed by atoms with Gasteiger partial charge in [-0.3, -0.25) is 9.48 Å². The van der Waals surface area contributed by atoms with Crippen LogP contribution in [0.15, 0.2) is 24.7 Å². The van der Waals surface area contributed by atoms with Crippen LogP contribution < -0.4 is 0 Å². The maximum Gasteiger partial charge on any atom is 0.259 e. The summed E-state index contributed by atoms with van der Waals surface area (Å²) in [4.78, 5) is 19.4. The monoisotopic (exact) mass is 324 g/mol. The first kappa shape index (κ1) is 14.9. The van der Waals surface area contributed by atoms with Crippen LogP contribution in [-0.2, 0) is 7.05 Å². The Morgan fingerprint density at radius 2 is 2.17 bits per heavy atom. The molecule has 24 heavy (non-hydrogen) atoms. The minimum Gasteiger partial charge on any atom is -0.331 e. The van der Waals surface area contributed by atoms with Crippen molar-refractivity contribution < 1.29 is 4.79 Å². The van der Waals surface area contributed by atoms with Crippen LogP contribution in [-0.4, -0.2) is 41.7 Å². The highest BCUT2D eigenvalue weighted by atomic mass is 16.2. The van der Waals surface area contributed by atoms with Crippen LogP contribution in [0.25, 0.3) is 5.65 Å². The third-order valence-corrected chi connectivity index (χ3v) is 4.92. The molecule has 0 aliphatic carbocycles. The third kappa shape index (κ3) is 2.11. The molecule has 7 heteroatoms. The van der Waals surface area contributed by atoms with Crippen molar-refractivity contribution in [1.82, 2.24) is 29.3 Å². The lowest BCUT2D eigenvalue weighted by molar-refractivity contribution is 0.0736. The third-order valence-electron chi connectivity index (χ3n) is 4.92. The maximum absolute atomic E-state index is 13.1. The Labute approximate surface area is 139 Å². The van der Waals surface area contributed by atoms with E-state index in [1.165, 1.54) is 5.56 Å². The molecule has 0 N–H and O–H groups in total. The molecule has 0 bridgehead atoms. The number of fused-ring (bicyclic) bond motifs is 1. The first-order valence-corrected chi connectivity index (χ1v) is 8.17. The molecular weight excluding hydrogens is 304 g/mol. The van der Waals surface area contributed by atoms with Crippen LogP contribution >= 0.6 is 0 Å². The topological polar surface area (TPSA) is 68.3 Å². The molecule has 4 heterocycles. The summed E-state index contributed by atoms with van der Waals surface area (Å²) in [6.07, 6.45) is 7.06. The average Bonchev–Trinajstić information content (AvgIpc) is 3.26. The number of aryl methyl sites for hydroxylation is 2. The summed E-state index contributed by atoms with van der Waals surface area (Å²) in [6.45, 7) is 4.83. The van der Waals surface area contributed by atoms with E-state index in [1.54, 1.807) is 29.2 Å². The van der Waals surface area contributed by atoms with Gasteiger partial charge >= 0.3 is 0 Å². The molecule has 0 spiro atoms. The second kappa shape index (κ2) is 5.43. The van der Waals surface area contributed by atoms with E-state index in [4.69, 9.17) is 0 Å². The number of carbonyl (C=O) groups excluding carboxylic acids is 1. The summed E-state index contributed by atoms with van der Waals surface area (Å²) in [6, 6.07) is 1.87. The summed E-state index contributed by atoms with van der Waals surface area (Å²) in [5, 5.41) is 8.75. The van der Waals surface area contributed by atoms with E-state index < -0.39 is 0 Å². The molecule has 1 atom stereocenters. The van der Waals surface area contributed by atoms with Gasteiger partial charge in [0.2, 0.25) is 0 Å². The van der Waals surface area contributed by atoms with Gasteiger partial charge in [-0.25, -0.2) is 9.50 Å². The van der Waals surface area contributed by atoms with Crippen LogP contribution in [0.2, 0.25) is 0 Å². The molecule has 1 aliphatic rings. The molecule has 3 aromatic heterocycles. The highest BCUT2D eigenvalue weighted by Crippen LogP contribution is 2.36. The lowest BCUT2D eigenvalue weighted by Gasteiger charge is -2.25. The predicted octanol–water partition coefficient (Wildman–Crippen LogP) is 2.06. The lowest BCUT2D eigenvalue weighted by atomic mass is 10.0. The van der Waals surface area contributed by atoms with Gasteiger partial charge in [-0.15, -0.1) is 0 Å². The van der Waals surface area contributed by atoms with Gasteiger partial charge in [0, 0.05) is 37.2 Å². The van der Waals surface area contributed by atoms with E-state index in [2.05, 4.69) is 22.1 Å². The molecule has 1 saturated heterocycles. The van der Waals surface area contributed by atoms with Crippen molar-refractivity contribution in [3.05, 3.63) is 47.2 Å². The van der Waals surface area contributed by atoms with Crippen molar-refractivity contribution in [2.24, 2.45) is 7.05 Å². The van der Waals surface area contributed by atoms with E-state index in [0.717, 1.165) is 30.8 Å². The van der Waals surface area contributed by atoms with Crippen molar-refractivity contribution in [1.29, 1.82) is 0 Å². The molecule has 1 amide bonds. The van der Waals surface area contributed by atoms with Crippen LogP contribution in [0.5, 0.6) is 0 Å². The quantitative estimate of drug-likeness (QED) is 0.723. The van der Waals surface area contributed by atoms with Crippen LogP contribution in [0.1, 0.15) is 46.2 Å². The Bertz CT molecular complexity index is 924. The summed E-state index contributed by atoms with van der Waals surface area (Å²) < 4.78 is 3.53. The Morgan fingerprint density at radius 1 is 1.33 bits per heavy atom. The number of rotatable bonds is 2. The predicted molar refractivity (Wildman–Crippen MR) is 88.7 cm³/mol. The fourth-order valence-electron chi connectivity index (χ4n) is 3.71. The number of aromatic nitrogens is 5. The first-order valence-electron chi connectivity index (χ1n) is 8.17. The largest absolute Gasteiger partial charge is 0.331 e. The Kier molecular flexibility index (Phi) is 3.37. The molecule has 1 aliphatic heterocycles. The number of hydrogen-bond donors (Lipinski definition) is 0. The highest BCUT2D eigenvalue weighted by Gasteiger charge is 2.35. The maximum atomic E-state index is 13.1. The Balaban J connectivity index is 1.74. The SMILES string of the molecule is Cc1nn(C)c(C)c1[C@@H]1CCCN1C(=O)c1cnn2cccnc12. The number of likely N-dealkylation sites (tertiary alicyclic amines) is 1. The summed E-state index contributed by atoms with van der Waals surface area (Å²) >= 11 is 0. The van der Waals surface area contributed by atoms with Crippen LogP contribution in [0.3, 0.4) is 0 Å². The second-order valence-electron chi connectivity index (χ2n) is 6.31. The molecule has 0 radical (unpaired) electrons. The zero-order valence-electron chi connectivity index (χ0n) is 14.1. The molecule has 0 saturated carbocycles. The van der Waals surface area contributed by atoms with Gasteiger partial charge in [-0.1, -0.05) is 0 Å². The Morgan fingerprint density at radius 3 is 2.92 bits per heavy atom. The van der Waals surface area contributed by atoms with Gasteiger partial charge in [0.25, 0.3) is 5.91 Å². The highest BCUT2D eigenvalue weighted by molar-refractivity contribution is 6.00.